The number of carbonyl (C=O) groups is 1. The first-order valence-corrected chi connectivity index (χ1v) is 10.6. The number of benzene rings is 2. The first-order chi connectivity index (χ1) is 15.1. The van der Waals surface area contributed by atoms with Crippen LogP contribution in [0.15, 0.2) is 59.9 Å². The fourth-order valence-electron chi connectivity index (χ4n) is 2.89. The maximum absolute atomic E-state index is 12.1. The third kappa shape index (κ3) is 6.05. The number of rotatable bonds is 10. The lowest BCUT2D eigenvalue weighted by Gasteiger charge is -2.12. The van der Waals surface area contributed by atoms with Gasteiger partial charge in [-0.25, -0.2) is 4.98 Å². The molecular formula is C23H25N3O4S. The van der Waals surface area contributed by atoms with Crippen LogP contribution in [0.1, 0.15) is 5.56 Å². The van der Waals surface area contributed by atoms with E-state index in [0.717, 1.165) is 22.0 Å². The number of nitrogens with zero attached hydrogens (tertiary/aromatic N) is 1. The summed E-state index contributed by atoms with van der Waals surface area (Å²) in [6.07, 6.45) is 4.99. The van der Waals surface area contributed by atoms with E-state index in [1.54, 1.807) is 51.3 Å². The molecular weight excluding hydrogens is 414 g/mol. The summed E-state index contributed by atoms with van der Waals surface area (Å²) >= 11 is 1.55. The van der Waals surface area contributed by atoms with E-state index in [9.17, 15) is 4.79 Å². The highest BCUT2D eigenvalue weighted by Crippen LogP contribution is 2.38. The van der Waals surface area contributed by atoms with Crippen LogP contribution in [0.2, 0.25) is 0 Å². The van der Waals surface area contributed by atoms with Crippen LogP contribution in [0.4, 0.5) is 0 Å². The number of carbonyl (C=O) groups excluding carboxylic acids is 1. The van der Waals surface area contributed by atoms with Crippen LogP contribution >= 0.6 is 11.8 Å². The van der Waals surface area contributed by atoms with E-state index in [2.05, 4.69) is 15.3 Å². The van der Waals surface area contributed by atoms with Crippen LogP contribution in [0.3, 0.4) is 0 Å². The first kappa shape index (κ1) is 22.3. The molecule has 1 amide bonds. The Kier molecular flexibility index (Phi) is 8.00. The number of nitrogens with one attached hydrogen (secondary N) is 2. The summed E-state index contributed by atoms with van der Waals surface area (Å²) < 4.78 is 16.0. The summed E-state index contributed by atoms with van der Waals surface area (Å²) in [7, 11) is 4.65. The van der Waals surface area contributed by atoms with Crippen molar-refractivity contribution >= 4 is 23.7 Å². The number of ether oxygens (including phenoxy) is 3. The zero-order chi connectivity index (χ0) is 22.1. The van der Waals surface area contributed by atoms with Crippen LogP contribution in [0.5, 0.6) is 17.2 Å². The number of amides is 1. The largest absolute Gasteiger partial charge is 0.493 e. The quantitative estimate of drug-likeness (QED) is 0.282. The van der Waals surface area contributed by atoms with Crippen LogP contribution in [-0.2, 0) is 4.79 Å². The predicted octanol–water partition coefficient (Wildman–Crippen LogP) is 4.02. The number of methoxy groups -OCH3 is 3. The number of aromatic amines is 1. The molecule has 0 fully saturated rings. The zero-order valence-corrected chi connectivity index (χ0v) is 18.5. The Morgan fingerprint density at radius 2 is 1.81 bits per heavy atom. The van der Waals surface area contributed by atoms with E-state index < -0.39 is 0 Å². The smallest absolute Gasteiger partial charge is 0.244 e. The summed E-state index contributed by atoms with van der Waals surface area (Å²) in [6.45, 7) is 0.518. The molecule has 31 heavy (non-hydrogen) atoms. The average molecular weight is 440 g/mol. The molecule has 0 aliphatic heterocycles. The molecule has 162 valence electrons. The van der Waals surface area contributed by atoms with Gasteiger partial charge in [-0.3, -0.25) is 4.79 Å². The van der Waals surface area contributed by atoms with Gasteiger partial charge in [-0.05, 0) is 29.3 Å². The second-order valence-corrected chi connectivity index (χ2v) is 7.48. The van der Waals surface area contributed by atoms with Crippen LogP contribution < -0.4 is 19.5 Å². The van der Waals surface area contributed by atoms with E-state index >= 15 is 0 Å². The van der Waals surface area contributed by atoms with Crippen molar-refractivity contribution in [3.05, 3.63) is 60.3 Å². The highest BCUT2D eigenvalue weighted by molar-refractivity contribution is 7.99. The molecule has 0 spiro atoms. The Balaban J connectivity index is 1.48. The van der Waals surface area contributed by atoms with E-state index in [-0.39, 0.29) is 5.91 Å². The summed E-state index contributed by atoms with van der Waals surface area (Å²) in [5, 5.41) is 3.69. The maximum atomic E-state index is 12.1. The molecule has 2 N–H and O–H groups in total. The van der Waals surface area contributed by atoms with E-state index in [1.165, 1.54) is 6.08 Å². The predicted molar refractivity (Wildman–Crippen MR) is 123 cm³/mol. The molecule has 1 heterocycles. The van der Waals surface area contributed by atoms with Gasteiger partial charge in [0, 0.05) is 18.4 Å². The maximum Gasteiger partial charge on any atom is 0.244 e. The standard InChI is InChI=1S/C23H25N3O4S/c1-28-19-13-16(14-20(29-2)22(19)30-3)9-10-21(27)24-11-12-31-23-25-15-18(26-23)17-7-5-4-6-8-17/h4-10,13-15H,11-12H2,1-3H3,(H,24,27)(H,25,26). The summed E-state index contributed by atoms with van der Waals surface area (Å²) in [5.74, 6) is 2.10. The normalized spacial score (nSPS) is 10.8. The number of imidazole rings is 1. The van der Waals surface area contributed by atoms with Crippen LogP contribution in [-0.4, -0.2) is 49.5 Å². The van der Waals surface area contributed by atoms with Gasteiger partial charge in [0.1, 0.15) is 0 Å². The number of aromatic nitrogens is 2. The molecule has 1 aromatic heterocycles. The van der Waals surface area contributed by atoms with Gasteiger partial charge >= 0.3 is 0 Å². The molecule has 0 radical (unpaired) electrons. The molecule has 2 aromatic carbocycles. The van der Waals surface area contributed by atoms with Crippen molar-refractivity contribution in [2.75, 3.05) is 33.6 Å². The van der Waals surface area contributed by atoms with Crippen molar-refractivity contribution in [1.82, 2.24) is 15.3 Å². The summed E-state index contributed by atoms with van der Waals surface area (Å²) in [6, 6.07) is 13.6. The Hall–Kier alpha value is -3.39. The molecule has 7 nitrogen and oxygen atoms in total. The minimum atomic E-state index is -0.182. The minimum Gasteiger partial charge on any atom is -0.493 e. The Labute approximate surface area is 185 Å². The fraction of sp³-hybridized carbons (Fsp3) is 0.217. The molecule has 3 rings (SSSR count). The van der Waals surface area contributed by atoms with Crippen molar-refractivity contribution in [3.8, 4) is 28.5 Å². The lowest BCUT2D eigenvalue weighted by atomic mass is 10.1. The van der Waals surface area contributed by atoms with Gasteiger partial charge in [0.05, 0.1) is 33.2 Å². The lowest BCUT2D eigenvalue weighted by Crippen LogP contribution is -2.23. The summed E-state index contributed by atoms with van der Waals surface area (Å²) in [5.41, 5.74) is 2.83. The van der Waals surface area contributed by atoms with Gasteiger partial charge in [0.25, 0.3) is 0 Å². The van der Waals surface area contributed by atoms with Crippen LogP contribution in [0, 0.1) is 0 Å². The number of hydrogen-bond acceptors (Lipinski definition) is 6. The molecule has 0 saturated heterocycles. The lowest BCUT2D eigenvalue weighted by molar-refractivity contribution is -0.116. The van der Waals surface area contributed by atoms with Crippen molar-refractivity contribution in [1.29, 1.82) is 0 Å². The second kappa shape index (κ2) is 11.1. The molecule has 0 aliphatic carbocycles. The first-order valence-electron chi connectivity index (χ1n) is 9.63. The van der Waals surface area contributed by atoms with Gasteiger partial charge in [-0.2, -0.15) is 0 Å². The fourth-order valence-corrected chi connectivity index (χ4v) is 3.60. The van der Waals surface area contributed by atoms with Crippen LogP contribution in [0.25, 0.3) is 17.3 Å². The number of hydrogen-bond donors (Lipinski definition) is 2. The highest BCUT2D eigenvalue weighted by atomic mass is 32.2. The van der Waals surface area contributed by atoms with Crippen molar-refractivity contribution in [2.45, 2.75) is 5.16 Å². The van der Waals surface area contributed by atoms with E-state index in [1.807, 2.05) is 36.5 Å². The van der Waals surface area contributed by atoms with Crippen molar-refractivity contribution in [2.24, 2.45) is 0 Å². The second-order valence-electron chi connectivity index (χ2n) is 6.40. The Morgan fingerprint density at radius 1 is 1.10 bits per heavy atom. The molecule has 8 heteroatoms. The Bertz CT molecular complexity index is 1010. The molecule has 0 unspecified atom stereocenters. The molecule has 0 saturated carbocycles. The van der Waals surface area contributed by atoms with E-state index in [0.29, 0.717) is 29.5 Å². The van der Waals surface area contributed by atoms with Gasteiger partial charge in [0.2, 0.25) is 11.7 Å². The average Bonchev–Trinajstić information content (AvgIpc) is 3.29. The van der Waals surface area contributed by atoms with Crippen molar-refractivity contribution in [3.63, 3.8) is 0 Å². The van der Waals surface area contributed by atoms with Crippen molar-refractivity contribution < 1.29 is 19.0 Å². The Morgan fingerprint density at radius 3 is 2.45 bits per heavy atom. The zero-order valence-electron chi connectivity index (χ0n) is 17.7. The number of thioether (sulfide) groups is 1. The highest BCUT2D eigenvalue weighted by Gasteiger charge is 2.12. The molecule has 0 atom stereocenters. The van der Waals surface area contributed by atoms with Gasteiger partial charge in [-0.1, -0.05) is 42.1 Å². The molecule has 3 aromatic rings. The molecule has 0 bridgehead atoms. The van der Waals surface area contributed by atoms with Gasteiger partial charge < -0.3 is 24.5 Å². The van der Waals surface area contributed by atoms with Gasteiger partial charge in [0.15, 0.2) is 16.7 Å². The number of H-pyrrole nitrogens is 1. The topological polar surface area (TPSA) is 85.5 Å². The molecule has 0 aliphatic rings. The SMILES string of the molecule is COc1cc(C=CC(=O)NCCSc2ncc(-c3ccccc3)[nH]2)cc(OC)c1OC. The minimum absolute atomic E-state index is 0.182. The summed E-state index contributed by atoms with van der Waals surface area (Å²) in [4.78, 5) is 19.8. The van der Waals surface area contributed by atoms with Gasteiger partial charge in [-0.15, -0.1) is 0 Å². The van der Waals surface area contributed by atoms with E-state index in [4.69, 9.17) is 14.2 Å². The third-order valence-electron chi connectivity index (χ3n) is 4.39. The monoisotopic (exact) mass is 439 g/mol. The third-order valence-corrected chi connectivity index (χ3v) is 5.28.